The van der Waals surface area contributed by atoms with Gasteiger partial charge in [-0.15, -0.1) is 9.24 Å². The minimum atomic E-state index is 0.821. The summed E-state index contributed by atoms with van der Waals surface area (Å²) in [7, 11) is 2.84. The van der Waals surface area contributed by atoms with Gasteiger partial charge in [0.1, 0.15) is 0 Å². The average Bonchev–Trinajstić information content (AvgIpc) is 1.80. The molecule has 0 aliphatic rings. The molecule has 0 aliphatic heterocycles. The summed E-state index contributed by atoms with van der Waals surface area (Å²) < 4.78 is 0. The Kier molecular flexibility index (Phi) is 6.86. The Morgan fingerprint density at radius 3 is 2.33 bits per heavy atom. The van der Waals surface area contributed by atoms with Crippen LogP contribution in [0.1, 0.15) is 46.0 Å². The molecule has 2 atom stereocenters. The summed E-state index contributed by atoms with van der Waals surface area (Å²) in [4.78, 5) is 0. The monoisotopic (exact) mass is 146 g/mol. The van der Waals surface area contributed by atoms with Crippen LogP contribution in [0.3, 0.4) is 0 Å². The van der Waals surface area contributed by atoms with E-state index in [0.29, 0.717) is 0 Å². The molecule has 0 fully saturated rings. The van der Waals surface area contributed by atoms with Crippen LogP contribution < -0.4 is 0 Å². The van der Waals surface area contributed by atoms with E-state index in [9.17, 15) is 0 Å². The van der Waals surface area contributed by atoms with Gasteiger partial charge in [0.2, 0.25) is 0 Å². The molecule has 0 amide bonds. The second kappa shape index (κ2) is 6.55. The van der Waals surface area contributed by atoms with Crippen LogP contribution in [0.25, 0.3) is 0 Å². The third-order valence-electron chi connectivity index (χ3n) is 1.51. The van der Waals surface area contributed by atoms with Crippen molar-refractivity contribution in [1.82, 2.24) is 0 Å². The standard InChI is InChI=1S/C8H19P/c1-3-4-5-6-7-8(2)9/h8H,3-7,9H2,1-2H3. The summed E-state index contributed by atoms with van der Waals surface area (Å²) in [6, 6.07) is 0. The molecule has 1 heteroatoms. The quantitative estimate of drug-likeness (QED) is 0.412. The van der Waals surface area contributed by atoms with Crippen molar-refractivity contribution in [2.45, 2.75) is 51.6 Å². The smallest absolute Gasteiger partial charge is 0.0293 e. The summed E-state index contributed by atoms with van der Waals surface area (Å²) in [5.74, 6) is 0. The molecule has 0 aromatic carbocycles. The Morgan fingerprint density at radius 1 is 1.22 bits per heavy atom. The van der Waals surface area contributed by atoms with Gasteiger partial charge in [-0.2, -0.15) is 0 Å². The fourth-order valence-corrected chi connectivity index (χ4v) is 1.13. The van der Waals surface area contributed by atoms with Crippen LogP contribution >= 0.6 is 9.24 Å². The minimum Gasteiger partial charge on any atom is -0.135 e. The van der Waals surface area contributed by atoms with Crippen LogP contribution in [0.5, 0.6) is 0 Å². The second-order valence-corrected chi connectivity index (χ2v) is 3.96. The summed E-state index contributed by atoms with van der Waals surface area (Å²) in [5.41, 5.74) is 0.821. The number of unbranched alkanes of at least 4 members (excludes halogenated alkanes) is 3. The van der Waals surface area contributed by atoms with Crippen molar-refractivity contribution in [1.29, 1.82) is 0 Å². The number of hydrogen-bond donors (Lipinski definition) is 0. The Hall–Kier alpha value is 0.430. The van der Waals surface area contributed by atoms with Crippen LogP contribution in [0.2, 0.25) is 0 Å². The summed E-state index contributed by atoms with van der Waals surface area (Å²) in [6.07, 6.45) is 6.99. The molecule has 56 valence electrons. The molecule has 0 radical (unpaired) electrons. The topological polar surface area (TPSA) is 0 Å². The lowest BCUT2D eigenvalue weighted by Gasteiger charge is -2.01. The van der Waals surface area contributed by atoms with Gasteiger partial charge in [0.15, 0.2) is 0 Å². The van der Waals surface area contributed by atoms with Crippen LogP contribution in [0, 0.1) is 0 Å². The molecule has 0 rings (SSSR count). The summed E-state index contributed by atoms with van der Waals surface area (Å²) >= 11 is 0. The molecular weight excluding hydrogens is 127 g/mol. The van der Waals surface area contributed by atoms with Crippen molar-refractivity contribution in [3.05, 3.63) is 0 Å². The predicted molar refractivity (Wildman–Crippen MR) is 47.9 cm³/mol. The first kappa shape index (κ1) is 9.43. The highest BCUT2D eigenvalue weighted by atomic mass is 31.0. The van der Waals surface area contributed by atoms with Gasteiger partial charge in [0, 0.05) is 0 Å². The first-order chi connectivity index (χ1) is 4.27. The fourth-order valence-electron chi connectivity index (χ4n) is 0.893. The van der Waals surface area contributed by atoms with E-state index in [0.717, 1.165) is 5.66 Å². The lowest BCUT2D eigenvalue weighted by Crippen LogP contribution is -1.88. The molecule has 0 saturated heterocycles. The lowest BCUT2D eigenvalue weighted by molar-refractivity contribution is 0.630. The molecule has 0 aromatic heterocycles. The Morgan fingerprint density at radius 2 is 1.89 bits per heavy atom. The molecule has 9 heavy (non-hydrogen) atoms. The van der Waals surface area contributed by atoms with Crippen LogP contribution in [0.15, 0.2) is 0 Å². The van der Waals surface area contributed by atoms with Crippen molar-refractivity contribution in [3.63, 3.8) is 0 Å². The summed E-state index contributed by atoms with van der Waals surface area (Å²) in [6.45, 7) is 4.51. The van der Waals surface area contributed by atoms with Crippen molar-refractivity contribution >= 4 is 9.24 Å². The first-order valence-electron chi connectivity index (χ1n) is 4.03. The van der Waals surface area contributed by atoms with E-state index in [4.69, 9.17) is 0 Å². The normalized spacial score (nSPS) is 13.7. The summed E-state index contributed by atoms with van der Waals surface area (Å²) in [5, 5.41) is 0. The highest BCUT2D eigenvalue weighted by molar-refractivity contribution is 7.17. The van der Waals surface area contributed by atoms with E-state index in [-0.39, 0.29) is 0 Å². The van der Waals surface area contributed by atoms with Gasteiger partial charge in [0.25, 0.3) is 0 Å². The number of hydrogen-bond acceptors (Lipinski definition) is 0. The van der Waals surface area contributed by atoms with Crippen LogP contribution in [-0.4, -0.2) is 5.66 Å². The predicted octanol–water partition coefficient (Wildman–Crippen LogP) is 3.22. The van der Waals surface area contributed by atoms with Gasteiger partial charge in [-0.05, 0) is 12.1 Å². The highest BCUT2D eigenvalue weighted by Crippen LogP contribution is 2.10. The molecule has 2 unspecified atom stereocenters. The Labute approximate surface area is 61.6 Å². The van der Waals surface area contributed by atoms with E-state index in [1.807, 2.05) is 0 Å². The molecular formula is C8H19P. The van der Waals surface area contributed by atoms with Gasteiger partial charge < -0.3 is 0 Å². The minimum absolute atomic E-state index is 0.821. The SMILES string of the molecule is CCCCCCC(C)P. The largest absolute Gasteiger partial charge is 0.135 e. The van der Waals surface area contributed by atoms with Crippen molar-refractivity contribution in [3.8, 4) is 0 Å². The van der Waals surface area contributed by atoms with Gasteiger partial charge in [-0.1, -0.05) is 39.5 Å². The first-order valence-corrected chi connectivity index (χ1v) is 4.69. The maximum absolute atomic E-state index is 2.84. The van der Waals surface area contributed by atoms with Gasteiger partial charge in [0.05, 0.1) is 0 Å². The molecule has 0 aliphatic carbocycles. The zero-order chi connectivity index (χ0) is 7.11. The second-order valence-electron chi connectivity index (χ2n) is 2.83. The van der Waals surface area contributed by atoms with Gasteiger partial charge in [-0.25, -0.2) is 0 Å². The van der Waals surface area contributed by atoms with E-state index >= 15 is 0 Å². The maximum Gasteiger partial charge on any atom is -0.0293 e. The van der Waals surface area contributed by atoms with E-state index < -0.39 is 0 Å². The zero-order valence-corrected chi connectivity index (χ0v) is 7.84. The van der Waals surface area contributed by atoms with Crippen molar-refractivity contribution in [2.24, 2.45) is 0 Å². The molecule has 0 N–H and O–H groups in total. The highest BCUT2D eigenvalue weighted by Gasteiger charge is 1.91. The Balaban J connectivity index is 2.75. The average molecular weight is 146 g/mol. The maximum atomic E-state index is 2.84. The lowest BCUT2D eigenvalue weighted by atomic mass is 10.1. The van der Waals surface area contributed by atoms with E-state index in [2.05, 4.69) is 23.1 Å². The third-order valence-corrected chi connectivity index (χ3v) is 1.85. The van der Waals surface area contributed by atoms with Crippen molar-refractivity contribution < 1.29 is 0 Å². The molecule has 0 bridgehead atoms. The van der Waals surface area contributed by atoms with Crippen LogP contribution in [-0.2, 0) is 0 Å². The van der Waals surface area contributed by atoms with E-state index in [1.54, 1.807) is 0 Å². The fraction of sp³-hybridized carbons (Fsp3) is 1.00. The molecule has 0 nitrogen and oxygen atoms in total. The Bertz CT molecular complexity index is 50.5. The van der Waals surface area contributed by atoms with Crippen molar-refractivity contribution in [2.75, 3.05) is 0 Å². The third kappa shape index (κ3) is 8.43. The molecule has 0 heterocycles. The molecule has 0 spiro atoms. The van der Waals surface area contributed by atoms with Gasteiger partial charge in [-0.3, -0.25) is 0 Å². The van der Waals surface area contributed by atoms with Crippen LogP contribution in [0.4, 0.5) is 0 Å². The molecule has 0 aromatic rings. The number of rotatable bonds is 5. The van der Waals surface area contributed by atoms with E-state index in [1.165, 1.54) is 32.1 Å². The zero-order valence-electron chi connectivity index (χ0n) is 6.69. The van der Waals surface area contributed by atoms with Gasteiger partial charge >= 0.3 is 0 Å². The molecule has 0 saturated carbocycles.